The molecule has 0 aliphatic carbocycles. The van der Waals surface area contributed by atoms with Crippen molar-refractivity contribution in [2.45, 2.75) is 30.8 Å². The summed E-state index contributed by atoms with van der Waals surface area (Å²) in [7, 11) is 0. The lowest BCUT2D eigenvalue weighted by atomic mass is 9.92. The Morgan fingerprint density at radius 2 is 1.89 bits per heavy atom. The number of amides is 1. The van der Waals surface area contributed by atoms with Crippen molar-refractivity contribution in [2.75, 3.05) is 13.1 Å². The molecule has 1 aliphatic rings. The highest BCUT2D eigenvalue weighted by molar-refractivity contribution is 7.80. The van der Waals surface area contributed by atoms with E-state index >= 15 is 0 Å². The second-order valence-electron chi connectivity index (χ2n) is 4.92. The molecule has 1 amide bonds. The molecular formula is C14H19NO2S. The van der Waals surface area contributed by atoms with E-state index in [1.807, 2.05) is 36.1 Å². The SMILES string of the molecule is CC(O)C1CCN(C(=O)c2ccc(S)cc2)CC1. The van der Waals surface area contributed by atoms with Crippen LogP contribution in [0.25, 0.3) is 0 Å². The van der Waals surface area contributed by atoms with Gasteiger partial charge in [0.15, 0.2) is 0 Å². The minimum atomic E-state index is -0.272. The maximum atomic E-state index is 12.2. The number of carbonyl (C=O) groups is 1. The number of nitrogens with zero attached hydrogens (tertiary/aromatic N) is 1. The zero-order valence-electron chi connectivity index (χ0n) is 10.5. The topological polar surface area (TPSA) is 40.5 Å². The lowest BCUT2D eigenvalue weighted by Gasteiger charge is -2.33. The Bertz CT molecular complexity index is 408. The number of benzene rings is 1. The van der Waals surface area contributed by atoms with Crippen LogP contribution in [0.3, 0.4) is 0 Å². The van der Waals surface area contributed by atoms with Gasteiger partial charge >= 0.3 is 0 Å². The number of piperidine rings is 1. The molecule has 0 saturated carbocycles. The molecule has 1 aromatic carbocycles. The molecule has 0 radical (unpaired) electrons. The van der Waals surface area contributed by atoms with Crippen molar-refractivity contribution in [3.05, 3.63) is 29.8 Å². The molecule has 1 N–H and O–H groups in total. The summed E-state index contributed by atoms with van der Waals surface area (Å²) >= 11 is 4.21. The predicted molar refractivity (Wildman–Crippen MR) is 74.0 cm³/mol. The van der Waals surface area contributed by atoms with E-state index in [-0.39, 0.29) is 12.0 Å². The van der Waals surface area contributed by atoms with Crippen LogP contribution in [-0.4, -0.2) is 35.1 Å². The first-order valence-electron chi connectivity index (χ1n) is 6.34. The van der Waals surface area contributed by atoms with Gasteiger partial charge in [-0.05, 0) is 49.9 Å². The highest BCUT2D eigenvalue weighted by Crippen LogP contribution is 2.22. The smallest absolute Gasteiger partial charge is 0.253 e. The molecule has 0 bridgehead atoms. The summed E-state index contributed by atoms with van der Waals surface area (Å²) in [5, 5.41) is 9.54. The third kappa shape index (κ3) is 3.06. The number of rotatable bonds is 2. The van der Waals surface area contributed by atoms with Gasteiger partial charge in [0.2, 0.25) is 0 Å². The summed E-state index contributed by atoms with van der Waals surface area (Å²) < 4.78 is 0. The van der Waals surface area contributed by atoms with Crippen molar-refractivity contribution in [1.29, 1.82) is 0 Å². The second kappa shape index (κ2) is 5.76. The number of hydrogen-bond acceptors (Lipinski definition) is 3. The van der Waals surface area contributed by atoms with Crippen LogP contribution in [0.2, 0.25) is 0 Å². The third-order valence-electron chi connectivity index (χ3n) is 3.62. The zero-order valence-corrected chi connectivity index (χ0v) is 11.4. The molecule has 1 heterocycles. The van der Waals surface area contributed by atoms with Gasteiger partial charge in [-0.3, -0.25) is 4.79 Å². The molecule has 3 nitrogen and oxygen atoms in total. The van der Waals surface area contributed by atoms with Crippen molar-refractivity contribution in [1.82, 2.24) is 4.90 Å². The maximum Gasteiger partial charge on any atom is 0.253 e. The van der Waals surface area contributed by atoms with E-state index in [1.165, 1.54) is 0 Å². The van der Waals surface area contributed by atoms with Crippen LogP contribution in [0.5, 0.6) is 0 Å². The molecule has 1 atom stereocenters. The molecule has 0 aromatic heterocycles. The fourth-order valence-corrected chi connectivity index (χ4v) is 2.52. The molecule has 18 heavy (non-hydrogen) atoms. The molecule has 2 rings (SSSR count). The van der Waals surface area contributed by atoms with Crippen molar-refractivity contribution >= 4 is 18.5 Å². The van der Waals surface area contributed by atoms with E-state index in [2.05, 4.69) is 12.6 Å². The van der Waals surface area contributed by atoms with E-state index in [4.69, 9.17) is 0 Å². The van der Waals surface area contributed by atoms with Crippen LogP contribution < -0.4 is 0 Å². The molecule has 1 saturated heterocycles. The summed E-state index contributed by atoms with van der Waals surface area (Å²) in [6.45, 7) is 3.29. The van der Waals surface area contributed by atoms with Gasteiger partial charge in [0.25, 0.3) is 5.91 Å². The van der Waals surface area contributed by atoms with Crippen molar-refractivity contribution in [2.24, 2.45) is 5.92 Å². The van der Waals surface area contributed by atoms with Crippen LogP contribution in [0.15, 0.2) is 29.2 Å². The highest BCUT2D eigenvalue weighted by atomic mass is 32.1. The van der Waals surface area contributed by atoms with E-state index in [0.29, 0.717) is 11.5 Å². The van der Waals surface area contributed by atoms with E-state index < -0.39 is 0 Å². The first-order valence-corrected chi connectivity index (χ1v) is 6.79. The van der Waals surface area contributed by atoms with Gasteiger partial charge in [0.1, 0.15) is 0 Å². The Balaban J connectivity index is 1.97. The first kappa shape index (κ1) is 13.4. The van der Waals surface area contributed by atoms with E-state index in [0.717, 1.165) is 30.8 Å². The first-order chi connectivity index (χ1) is 8.58. The minimum Gasteiger partial charge on any atom is -0.393 e. The number of hydrogen-bond donors (Lipinski definition) is 2. The summed E-state index contributed by atoms with van der Waals surface area (Å²) in [5.74, 6) is 0.404. The van der Waals surface area contributed by atoms with Crippen molar-refractivity contribution in [3.8, 4) is 0 Å². The highest BCUT2D eigenvalue weighted by Gasteiger charge is 2.25. The Kier molecular flexibility index (Phi) is 4.30. The van der Waals surface area contributed by atoms with Crippen LogP contribution in [0.1, 0.15) is 30.1 Å². The monoisotopic (exact) mass is 265 g/mol. The Labute approximate surface area is 113 Å². The molecular weight excluding hydrogens is 246 g/mol. The Morgan fingerprint density at radius 3 is 2.39 bits per heavy atom. The molecule has 1 aromatic rings. The van der Waals surface area contributed by atoms with E-state index in [1.54, 1.807) is 0 Å². The van der Waals surface area contributed by atoms with Crippen LogP contribution >= 0.6 is 12.6 Å². The minimum absolute atomic E-state index is 0.0763. The summed E-state index contributed by atoms with van der Waals surface area (Å²) in [4.78, 5) is 15.0. The maximum absolute atomic E-state index is 12.2. The van der Waals surface area contributed by atoms with Gasteiger partial charge in [-0.2, -0.15) is 0 Å². The molecule has 0 spiro atoms. The largest absolute Gasteiger partial charge is 0.393 e. The lowest BCUT2D eigenvalue weighted by Crippen LogP contribution is -2.40. The molecule has 98 valence electrons. The summed E-state index contributed by atoms with van der Waals surface area (Å²) in [6, 6.07) is 7.29. The normalized spacial score (nSPS) is 18.7. The van der Waals surface area contributed by atoms with Gasteiger partial charge < -0.3 is 10.0 Å². The van der Waals surface area contributed by atoms with E-state index in [9.17, 15) is 9.90 Å². The van der Waals surface area contributed by atoms with Gasteiger partial charge in [-0.25, -0.2) is 0 Å². The number of aliphatic hydroxyl groups is 1. The third-order valence-corrected chi connectivity index (χ3v) is 3.92. The van der Waals surface area contributed by atoms with Gasteiger partial charge in [0.05, 0.1) is 6.10 Å². The fourth-order valence-electron chi connectivity index (χ4n) is 2.37. The molecule has 4 heteroatoms. The van der Waals surface area contributed by atoms with Crippen molar-refractivity contribution < 1.29 is 9.90 Å². The number of carbonyl (C=O) groups excluding carboxylic acids is 1. The summed E-state index contributed by atoms with van der Waals surface area (Å²) in [5.41, 5.74) is 0.711. The Hall–Kier alpha value is -1.00. The van der Waals surface area contributed by atoms with Crippen LogP contribution in [0.4, 0.5) is 0 Å². The quantitative estimate of drug-likeness (QED) is 0.805. The van der Waals surface area contributed by atoms with Crippen LogP contribution in [-0.2, 0) is 0 Å². The van der Waals surface area contributed by atoms with Gasteiger partial charge in [-0.1, -0.05) is 0 Å². The number of aliphatic hydroxyl groups excluding tert-OH is 1. The average Bonchev–Trinajstić information content (AvgIpc) is 2.39. The standard InChI is InChI=1S/C14H19NO2S/c1-10(16)11-6-8-15(9-7-11)14(17)12-2-4-13(18)5-3-12/h2-5,10-11,16,18H,6-9H2,1H3. The Morgan fingerprint density at radius 1 is 1.33 bits per heavy atom. The van der Waals surface area contributed by atoms with Crippen LogP contribution in [0, 0.1) is 5.92 Å². The average molecular weight is 265 g/mol. The lowest BCUT2D eigenvalue weighted by molar-refractivity contribution is 0.0521. The number of likely N-dealkylation sites (tertiary alicyclic amines) is 1. The summed E-state index contributed by atoms with van der Waals surface area (Å²) in [6.07, 6.45) is 1.49. The second-order valence-corrected chi connectivity index (χ2v) is 5.43. The zero-order chi connectivity index (χ0) is 13.1. The molecule has 1 fully saturated rings. The van der Waals surface area contributed by atoms with Gasteiger partial charge in [0, 0.05) is 23.5 Å². The van der Waals surface area contributed by atoms with Gasteiger partial charge in [-0.15, -0.1) is 12.6 Å². The number of thiol groups is 1. The predicted octanol–water partition coefficient (Wildman–Crippen LogP) is 2.21. The van der Waals surface area contributed by atoms with Crippen molar-refractivity contribution in [3.63, 3.8) is 0 Å². The fraction of sp³-hybridized carbons (Fsp3) is 0.500. The molecule has 1 aliphatic heterocycles. The molecule has 1 unspecified atom stereocenters.